The summed E-state index contributed by atoms with van der Waals surface area (Å²) in [5, 5.41) is 5.14. The third-order valence-electron chi connectivity index (χ3n) is 3.22. The highest BCUT2D eigenvalue weighted by atomic mass is 32.2. The van der Waals surface area contributed by atoms with Crippen LogP contribution >= 0.6 is 24.0 Å². The Balaban J connectivity index is 2.36. The second-order valence-corrected chi connectivity index (χ2v) is 6.48. The summed E-state index contributed by atoms with van der Waals surface area (Å²) in [7, 11) is 1.66. The van der Waals surface area contributed by atoms with Gasteiger partial charge in [0, 0.05) is 31.9 Å². The number of isothiocyanates is 1. The van der Waals surface area contributed by atoms with Crippen molar-refractivity contribution in [1.29, 1.82) is 0 Å². The van der Waals surface area contributed by atoms with Crippen LogP contribution in [0.25, 0.3) is 0 Å². The van der Waals surface area contributed by atoms with Crippen LogP contribution in [0.5, 0.6) is 5.75 Å². The molecule has 0 saturated carbocycles. The summed E-state index contributed by atoms with van der Waals surface area (Å²) in [6.07, 6.45) is 1.49. The average molecular weight is 382 g/mol. The van der Waals surface area contributed by atoms with Crippen LogP contribution in [0.2, 0.25) is 0 Å². The van der Waals surface area contributed by atoms with Crippen LogP contribution in [0.4, 0.5) is 10.5 Å². The smallest absolute Gasteiger partial charge is 0.410 e. The van der Waals surface area contributed by atoms with E-state index in [1.165, 1.54) is 4.90 Å². The minimum absolute atomic E-state index is 0.0870. The zero-order chi connectivity index (χ0) is 18.5. The van der Waals surface area contributed by atoms with Crippen LogP contribution in [-0.4, -0.2) is 53.7 Å². The highest BCUT2D eigenvalue weighted by molar-refractivity contribution is 7.99. The molecule has 1 N–H and O–H groups in total. The molecule has 0 saturated heterocycles. The van der Waals surface area contributed by atoms with E-state index in [0.29, 0.717) is 30.3 Å². The quantitative estimate of drug-likeness (QED) is 0.380. The molecular weight excluding hydrogens is 358 g/mol. The number of carbonyl (C=O) groups is 2. The number of anilines is 1. The van der Waals surface area contributed by atoms with Crippen molar-refractivity contribution in [3.8, 4) is 5.75 Å². The summed E-state index contributed by atoms with van der Waals surface area (Å²) in [4.78, 5) is 29.0. The van der Waals surface area contributed by atoms with Crippen LogP contribution < -0.4 is 10.1 Å². The second kappa shape index (κ2) is 12.5. The van der Waals surface area contributed by atoms with Crippen molar-refractivity contribution in [3.63, 3.8) is 0 Å². The number of benzene rings is 1. The number of hydrogen-bond donors (Lipinski definition) is 1. The number of aliphatic imine (C=N–C) groups is 1. The first-order chi connectivity index (χ1) is 12.1. The van der Waals surface area contributed by atoms with Gasteiger partial charge in [0.15, 0.2) is 0 Å². The van der Waals surface area contributed by atoms with Gasteiger partial charge in [0.1, 0.15) is 5.75 Å². The minimum atomic E-state index is -0.431. The molecule has 0 aliphatic carbocycles. The van der Waals surface area contributed by atoms with E-state index in [9.17, 15) is 9.59 Å². The van der Waals surface area contributed by atoms with Gasteiger partial charge in [0.2, 0.25) is 5.91 Å². The molecule has 0 aliphatic rings. The Bertz CT molecular complexity index is 619. The Labute approximate surface area is 158 Å². The molecular formula is C17H23N3O3S2. The molecule has 0 aliphatic heterocycles. The summed E-state index contributed by atoms with van der Waals surface area (Å²) in [5.74, 6) is 1.58. The normalized spacial score (nSPS) is 9.84. The first-order valence-corrected chi connectivity index (χ1v) is 9.57. The molecule has 8 heteroatoms. The number of hydrogen-bond acceptors (Lipinski definition) is 6. The van der Waals surface area contributed by atoms with E-state index in [4.69, 9.17) is 4.74 Å². The number of nitrogens with zero attached hydrogens (tertiary/aromatic N) is 2. The van der Waals surface area contributed by atoms with Crippen LogP contribution in [-0.2, 0) is 4.79 Å². The Hall–Kier alpha value is -1.89. The van der Waals surface area contributed by atoms with Crippen LogP contribution in [0.15, 0.2) is 29.3 Å². The molecule has 0 radical (unpaired) electrons. The average Bonchev–Trinajstić information content (AvgIpc) is 2.60. The molecule has 25 heavy (non-hydrogen) atoms. The van der Waals surface area contributed by atoms with Crippen molar-refractivity contribution in [2.24, 2.45) is 4.99 Å². The fourth-order valence-electron chi connectivity index (χ4n) is 1.75. The number of unbranched alkanes of at least 4 members (excludes halogenated alkanes) is 1. The number of amides is 2. The molecule has 0 heterocycles. The van der Waals surface area contributed by atoms with Crippen molar-refractivity contribution in [2.75, 3.05) is 37.0 Å². The molecule has 0 fully saturated rings. The molecule has 136 valence electrons. The second-order valence-electron chi connectivity index (χ2n) is 5.19. The van der Waals surface area contributed by atoms with Gasteiger partial charge in [-0.15, -0.1) is 0 Å². The zero-order valence-corrected chi connectivity index (χ0v) is 16.1. The molecule has 0 spiro atoms. The lowest BCUT2D eigenvalue weighted by atomic mass is 10.3. The molecule has 1 rings (SSSR count). The number of thiocarbonyl (C=S) groups is 1. The van der Waals surface area contributed by atoms with Gasteiger partial charge in [0.25, 0.3) is 0 Å². The van der Waals surface area contributed by atoms with Crippen LogP contribution in [0.1, 0.15) is 19.8 Å². The van der Waals surface area contributed by atoms with E-state index < -0.39 is 6.09 Å². The van der Waals surface area contributed by atoms with Gasteiger partial charge in [-0.05, 0) is 49.9 Å². The van der Waals surface area contributed by atoms with Crippen molar-refractivity contribution < 1.29 is 14.3 Å². The summed E-state index contributed by atoms with van der Waals surface area (Å²) < 4.78 is 5.24. The Morgan fingerprint density at radius 1 is 1.40 bits per heavy atom. The molecule has 1 aromatic carbocycles. The standard InChI is InChI=1S/C17H23N3O3S2/c1-3-20(2)17(22)23-15-8-6-7-14(11-15)19-16(21)12-25-10-5-4-9-18-13-24/h6-8,11H,3-5,9-10,12H2,1-2H3,(H,19,21). The van der Waals surface area contributed by atoms with Gasteiger partial charge in [-0.3, -0.25) is 4.79 Å². The van der Waals surface area contributed by atoms with E-state index in [1.807, 2.05) is 6.92 Å². The maximum atomic E-state index is 11.9. The van der Waals surface area contributed by atoms with Crippen LogP contribution in [0.3, 0.4) is 0 Å². The lowest BCUT2D eigenvalue weighted by molar-refractivity contribution is -0.113. The van der Waals surface area contributed by atoms with E-state index in [2.05, 4.69) is 27.7 Å². The van der Waals surface area contributed by atoms with Crippen molar-refractivity contribution in [1.82, 2.24) is 4.90 Å². The zero-order valence-electron chi connectivity index (χ0n) is 14.5. The molecule has 0 aromatic heterocycles. The predicted octanol–water partition coefficient (Wildman–Crippen LogP) is 3.69. The summed E-state index contributed by atoms with van der Waals surface area (Å²) >= 11 is 6.06. The highest BCUT2D eigenvalue weighted by Gasteiger charge is 2.10. The maximum absolute atomic E-state index is 11.9. The minimum Gasteiger partial charge on any atom is -0.410 e. The molecule has 0 bridgehead atoms. The summed E-state index contributed by atoms with van der Waals surface area (Å²) in [5.41, 5.74) is 0.602. The largest absolute Gasteiger partial charge is 0.414 e. The first-order valence-electron chi connectivity index (χ1n) is 8.01. The van der Waals surface area contributed by atoms with Crippen molar-refractivity contribution in [2.45, 2.75) is 19.8 Å². The predicted molar refractivity (Wildman–Crippen MR) is 106 cm³/mol. The van der Waals surface area contributed by atoms with Gasteiger partial charge in [-0.1, -0.05) is 6.07 Å². The van der Waals surface area contributed by atoms with E-state index >= 15 is 0 Å². The number of carbonyl (C=O) groups excluding carboxylic acids is 2. The van der Waals surface area contributed by atoms with Gasteiger partial charge in [0.05, 0.1) is 10.9 Å². The topological polar surface area (TPSA) is 71.0 Å². The maximum Gasteiger partial charge on any atom is 0.414 e. The van der Waals surface area contributed by atoms with Gasteiger partial charge in [-0.25, -0.2) is 9.79 Å². The van der Waals surface area contributed by atoms with Crippen LogP contribution in [0, 0.1) is 0 Å². The third-order valence-corrected chi connectivity index (χ3v) is 4.39. The fraction of sp³-hybridized carbons (Fsp3) is 0.471. The number of nitrogens with one attached hydrogen (secondary N) is 1. The summed E-state index contributed by atoms with van der Waals surface area (Å²) in [6.45, 7) is 3.11. The SMILES string of the molecule is CCN(C)C(=O)Oc1cccc(NC(=O)CSCCCCN=C=S)c1. The Morgan fingerprint density at radius 2 is 2.20 bits per heavy atom. The van der Waals surface area contributed by atoms with Gasteiger partial charge in [-0.2, -0.15) is 11.8 Å². The number of rotatable bonds is 10. The van der Waals surface area contributed by atoms with Gasteiger partial charge < -0.3 is 15.0 Å². The number of thioether (sulfide) groups is 1. The van der Waals surface area contributed by atoms with E-state index in [-0.39, 0.29) is 5.91 Å². The van der Waals surface area contributed by atoms with Gasteiger partial charge >= 0.3 is 6.09 Å². The molecule has 0 unspecified atom stereocenters. The van der Waals surface area contributed by atoms with Crippen molar-refractivity contribution in [3.05, 3.63) is 24.3 Å². The lowest BCUT2D eigenvalue weighted by Crippen LogP contribution is -2.29. The monoisotopic (exact) mass is 381 g/mol. The first kappa shape index (κ1) is 21.2. The number of ether oxygens (including phenoxy) is 1. The third kappa shape index (κ3) is 9.24. The van der Waals surface area contributed by atoms with Crippen molar-refractivity contribution >= 4 is 46.8 Å². The van der Waals surface area contributed by atoms with E-state index in [1.54, 1.807) is 43.1 Å². The molecule has 0 atom stereocenters. The lowest BCUT2D eigenvalue weighted by Gasteiger charge is -2.14. The Kier molecular flexibility index (Phi) is 10.6. The molecule has 1 aromatic rings. The highest BCUT2D eigenvalue weighted by Crippen LogP contribution is 2.18. The summed E-state index contributed by atoms with van der Waals surface area (Å²) in [6, 6.07) is 6.79. The Morgan fingerprint density at radius 3 is 2.92 bits per heavy atom. The molecule has 6 nitrogen and oxygen atoms in total. The molecule has 2 amide bonds. The fourth-order valence-corrected chi connectivity index (χ4v) is 2.65. The van der Waals surface area contributed by atoms with E-state index in [0.717, 1.165) is 18.6 Å².